The van der Waals surface area contributed by atoms with E-state index in [1.54, 1.807) is 49.5 Å². The standard InChI is InChI=1S/C24H24ClN3O3/c1-14(16-6-8-17(25)9-7-16)22(29)27-21-5-3-4-20-19(21)12-13-28(24(20)31)15(2)23(30)26-18-10-11-18/h3-9,12-15,18H,10-11H2,1-2H3,(H,26,30)(H,27,29). The highest BCUT2D eigenvalue weighted by Crippen LogP contribution is 2.25. The van der Waals surface area contributed by atoms with Gasteiger partial charge in [-0.05, 0) is 62.6 Å². The number of amides is 2. The summed E-state index contributed by atoms with van der Waals surface area (Å²) in [5.41, 5.74) is 1.14. The molecule has 2 N–H and O–H groups in total. The molecule has 6 nitrogen and oxygen atoms in total. The maximum absolute atomic E-state index is 13.1. The van der Waals surface area contributed by atoms with Crippen LogP contribution in [-0.4, -0.2) is 22.4 Å². The molecule has 2 unspecified atom stereocenters. The number of halogens is 1. The van der Waals surface area contributed by atoms with Crippen molar-refractivity contribution >= 4 is 39.9 Å². The number of hydrogen-bond acceptors (Lipinski definition) is 3. The molecule has 0 saturated heterocycles. The molecule has 1 fully saturated rings. The van der Waals surface area contributed by atoms with E-state index in [1.165, 1.54) is 4.57 Å². The molecule has 31 heavy (non-hydrogen) atoms. The van der Waals surface area contributed by atoms with Crippen molar-refractivity contribution in [3.05, 3.63) is 75.7 Å². The Kier molecular flexibility index (Phi) is 5.83. The molecule has 0 bridgehead atoms. The molecule has 1 aromatic heterocycles. The first kappa shape index (κ1) is 21.1. The second-order valence-electron chi connectivity index (χ2n) is 8.02. The number of carbonyl (C=O) groups is 2. The lowest BCUT2D eigenvalue weighted by atomic mass is 10.00. The summed E-state index contributed by atoms with van der Waals surface area (Å²) in [6.45, 7) is 3.53. The van der Waals surface area contributed by atoms with Crippen LogP contribution < -0.4 is 16.2 Å². The van der Waals surface area contributed by atoms with E-state index in [0.717, 1.165) is 18.4 Å². The van der Waals surface area contributed by atoms with E-state index in [-0.39, 0.29) is 29.3 Å². The summed E-state index contributed by atoms with van der Waals surface area (Å²) in [5.74, 6) is -0.736. The van der Waals surface area contributed by atoms with Crippen LogP contribution in [0.25, 0.3) is 10.8 Å². The van der Waals surface area contributed by atoms with Crippen LogP contribution in [0.1, 0.15) is 44.2 Å². The quantitative estimate of drug-likeness (QED) is 0.605. The molecular weight excluding hydrogens is 414 g/mol. The molecule has 4 rings (SSSR count). The molecule has 0 aliphatic heterocycles. The first-order valence-electron chi connectivity index (χ1n) is 10.4. The maximum Gasteiger partial charge on any atom is 0.259 e. The van der Waals surface area contributed by atoms with E-state index >= 15 is 0 Å². The van der Waals surface area contributed by atoms with Crippen molar-refractivity contribution in [2.75, 3.05) is 5.32 Å². The van der Waals surface area contributed by atoms with Crippen molar-refractivity contribution in [3.63, 3.8) is 0 Å². The van der Waals surface area contributed by atoms with Gasteiger partial charge in [0.25, 0.3) is 5.56 Å². The normalized spacial score (nSPS) is 15.3. The van der Waals surface area contributed by atoms with Gasteiger partial charge in [0, 0.05) is 33.7 Å². The highest BCUT2D eigenvalue weighted by molar-refractivity contribution is 6.30. The van der Waals surface area contributed by atoms with E-state index in [1.807, 2.05) is 19.1 Å². The van der Waals surface area contributed by atoms with Crippen molar-refractivity contribution in [2.45, 2.75) is 44.7 Å². The lowest BCUT2D eigenvalue weighted by Gasteiger charge is -2.17. The van der Waals surface area contributed by atoms with E-state index in [4.69, 9.17) is 11.6 Å². The number of rotatable bonds is 6. The number of aromatic nitrogens is 1. The molecule has 1 saturated carbocycles. The Morgan fingerprint density at radius 2 is 1.71 bits per heavy atom. The van der Waals surface area contributed by atoms with Gasteiger partial charge >= 0.3 is 0 Å². The van der Waals surface area contributed by atoms with E-state index in [0.29, 0.717) is 21.5 Å². The van der Waals surface area contributed by atoms with Crippen LogP contribution in [0.5, 0.6) is 0 Å². The Morgan fingerprint density at radius 1 is 1.00 bits per heavy atom. The van der Waals surface area contributed by atoms with Gasteiger partial charge in [0.15, 0.2) is 0 Å². The van der Waals surface area contributed by atoms with Gasteiger partial charge in [-0.25, -0.2) is 0 Å². The monoisotopic (exact) mass is 437 g/mol. The zero-order valence-electron chi connectivity index (χ0n) is 17.4. The zero-order chi connectivity index (χ0) is 22.1. The Bertz CT molecular complexity index is 1200. The Labute approximate surface area is 185 Å². The van der Waals surface area contributed by atoms with Gasteiger partial charge in [-0.1, -0.05) is 29.8 Å². The average molecular weight is 438 g/mol. The third-order valence-corrected chi connectivity index (χ3v) is 5.97. The summed E-state index contributed by atoms with van der Waals surface area (Å²) in [4.78, 5) is 38.3. The molecule has 1 heterocycles. The molecule has 0 spiro atoms. The minimum Gasteiger partial charge on any atom is -0.352 e. The summed E-state index contributed by atoms with van der Waals surface area (Å²) < 4.78 is 1.43. The lowest BCUT2D eigenvalue weighted by Crippen LogP contribution is -2.36. The minimum atomic E-state index is -0.610. The van der Waals surface area contributed by atoms with Gasteiger partial charge in [-0.15, -0.1) is 0 Å². The molecule has 1 aliphatic carbocycles. The van der Waals surface area contributed by atoms with Gasteiger partial charge in [-0.2, -0.15) is 0 Å². The van der Waals surface area contributed by atoms with Gasteiger partial charge in [0.05, 0.1) is 5.92 Å². The van der Waals surface area contributed by atoms with Crippen LogP contribution in [0.2, 0.25) is 5.02 Å². The van der Waals surface area contributed by atoms with Crippen molar-refractivity contribution in [1.82, 2.24) is 9.88 Å². The molecule has 1 aliphatic rings. The fourth-order valence-electron chi connectivity index (χ4n) is 3.53. The molecule has 3 aromatic rings. The lowest BCUT2D eigenvalue weighted by molar-refractivity contribution is -0.124. The summed E-state index contributed by atoms with van der Waals surface area (Å²) in [6.07, 6.45) is 3.59. The Hall–Kier alpha value is -3.12. The van der Waals surface area contributed by atoms with Crippen molar-refractivity contribution in [3.8, 4) is 0 Å². The highest BCUT2D eigenvalue weighted by atomic mass is 35.5. The largest absolute Gasteiger partial charge is 0.352 e. The van der Waals surface area contributed by atoms with Crippen LogP contribution in [0, 0.1) is 0 Å². The topological polar surface area (TPSA) is 80.2 Å². The van der Waals surface area contributed by atoms with Crippen LogP contribution in [-0.2, 0) is 9.59 Å². The van der Waals surface area contributed by atoms with Crippen LogP contribution >= 0.6 is 11.6 Å². The summed E-state index contributed by atoms with van der Waals surface area (Å²) in [6, 6.07) is 13.7. The van der Waals surface area contributed by atoms with Crippen LogP contribution in [0.15, 0.2) is 59.5 Å². The molecule has 7 heteroatoms. The first-order valence-corrected chi connectivity index (χ1v) is 10.7. The number of nitrogens with one attached hydrogen (secondary N) is 2. The zero-order valence-corrected chi connectivity index (χ0v) is 18.1. The smallest absolute Gasteiger partial charge is 0.259 e. The van der Waals surface area contributed by atoms with E-state index in [2.05, 4.69) is 10.6 Å². The van der Waals surface area contributed by atoms with E-state index in [9.17, 15) is 14.4 Å². The van der Waals surface area contributed by atoms with Crippen molar-refractivity contribution in [1.29, 1.82) is 0 Å². The Morgan fingerprint density at radius 3 is 2.39 bits per heavy atom. The molecular formula is C24H24ClN3O3. The van der Waals surface area contributed by atoms with Crippen molar-refractivity contribution in [2.24, 2.45) is 0 Å². The van der Waals surface area contributed by atoms with E-state index < -0.39 is 6.04 Å². The number of hydrogen-bond donors (Lipinski definition) is 2. The predicted octanol–water partition coefficient (Wildman–Crippen LogP) is 4.24. The second kappa shape index (κ2) is 8.55. The maximum atomic E-state index is 13.1. The molecule has 2 amide bonds. The Balaban J connectivity index is 1.59. The molecule has 160 valence electrons. The highest BCUT2D eigenvalue weighted by Gasteiger charge is 2.27. The SMILES string of the molecule is CC(C(=O)Nc1cccc2c(=O)n(C(C)C(=O)NC3CC3)ccc12)c1ccc(Cl)cc1. The number of pyridine rings is 1. The predicted molar refractivity (Wildman–Crippen MR) is 123 cm³/mol. The summed E-state index contributed by atoms with van der Waals surface area (Å²) in [7, 11) is 0. The third-order valence-electron chi connectivity index (χ3n) is 5.71. The van der Waals surface area contributed by atoms with Crippen LogP contribution in [0.3, 0.4) is 0 Å². The van der Waals surface area contributed by atoms with Crippen molar-refractivity contribution < 1.29 is 9.59 Å². The molecule has 0 radical (unpaired) electrons. The number of fused-ring (bicyclic) bond motifs is 1. The average Bonchev–Trinajstić information content (AvgIpc) is 3.58. The summed E-state index contributed by atoms with van der Waals surface area (Å²) in [5, 5.41) is 7.56. The minimum absolute atomic E-state index is 0.162. The van der Waals surface area contributed by atoms with Crippen LogP contribution in [0.4, 0.5) is 5.69 Å². The number of benzene rings is 2. The third kappa shape index (κ3) is 4.49. The van der Waals surface area contributed by atoms with Gasteiger partial charge in [0.2, 0.25) is 11.8 Å². The number of carbonyl (C=O) groups excluding carboxylic acids is 2. The first-order chi connectivity index (χ1) is 14.8. The van der Waals surface area contributed by atoms with Gasteiger partial charge < -0.3 is 15.2 Å². The van der Waals surface area contributed by atoms with Gasteiger partial charge in [0.1, 0.15) is 6.04 Å². The fraction of sp³-hybridized carbons (Fsp3) is 0.292. The molecule has 2 aromatic carbocycles. The number of nitrogens with zero attached hydrogens (tertiary/aromatic N) is 1. The number of anilines is 1. The van der Waals surface area contributed by atoms with Gasteiger partial charge in [-0.3, -0.25) is 14.4 Å². The fourth-order valence-corrected chi connectivity index (χ4v) is 3.65. The molecule has 2 atom stereocenters. The second-order valence-corrected chi connectivity index (χ2v) is 8.45. The summed E-state index contributed by atoms with van der Waals surface area (Å²) >= 11 is 5.93.